The summed E-state index contributed by atoms with van der Waals surface area (Å²) in [6.07, 6.45) is 2.17. The van der Waals surface area contributed by atoms with E-state index >= 15 is 0 Å². The van der Waals surface area contributed by atoms with Crippen molar-refractivity contribution in [1.29, 1.82) is 0 Å². The minimum Gasteiger partial charge on any atom is -0.464 e. The van der Waals surface area contributed by atoms with Crippen molar-refractivity contribution in [3.05, 3.63) is 23.0 Å². The molecule has 64 valence electrons. The average Bonchev–Trinajstić information content (AvgIpc) is 2.45. The molecule has 0 saturated heterocycles. The highest BCUT2D eigenvalue weighted by molar-refractivity contribution is 5.92. The number of H-pyrrole nitrogens is 1. The molecule has 1 aromatic heterocycles. The summed E-state index contributed by atoms with van der Waals surface area (Å²) in [4.78, 5) is 24.0. The number of hydrogen-bond donors (Lipinski definition) is 1. The van der Waals surface area contributed by atoms with Gasteiger partial charge in [-0.1, -0.05) is 0 Å². The lowest BCUT2D eigenvalue weighted by Gasteiger charge is -1.96. The minimum atomic E-state index is -0.458. The lowest BCUT2D eigenvalue weighted by Crippen LogP contribution is -2.03. The molecular weight excluding hydrogens is 158 g/mol. The lowest BCUT2D eigenvalue weighted by atomic mass is 10.2. The highest BCUT2D eigenvalue weighted by Crippen LogP contribution is 2.11. The summed E-state index contributed by atoms with van der Waals surface area (Å²) in [6.45, 7) is 1.69. The Balaban J connectivity index is 3.10. The maximum atomic E-state index is 11.0. The number of hydrogen-bond acceptors (Lipinski definition) is 3. The van der Waals surface area contributed by atoms with Crippen LogP contribution in [0.3, 0.4) is 0 Å². The summed E-state index contributed by atoms with van der Waals surface area (Å²) in [5.74, 6) is -0.458. The van der Waals surface area contributed by atoms with Crippen LogP contribution in [0.5, 0.6) is 0 Å². The van der Waals surface area contributed by atoms with Gasteiger partial charge in [0, 0.05) is 11.8 Å². The molecule has 1 N–H and O–H groups in total. The van der Waals surface area contributed by atoms with Crippen LogP contribution in [0.1, 0.15) is 26.4 Å². The van der Waals surface area contributed by atoms with Gasteiger partial charge in [0.15, 0.2) is 6.29 Å². The first kappa shape index (κ1) is 8.52. The molecule has 0 aromatic carbocycles. The Morgan fingerprint density at radius 3 is 2.75 bits per heavy atom. The third-order valence-corrected chi connectivity index (χ3v) is 1.70. The average molecular weight is 167 g/mol. The second-order valence-corrected chi connectivity index (χ2v) is 2.35. The van der Waals surface area contributed by atoms with Crippen molar-refractivity contribution >= 4 is 12.3 Å². The van der Waals surface area contributed by atoms with Gasteiger partial charge in [0.2, 0.25) is 0 Å². The Hall–Kier alpha value is -1.58. The van der Waals surface area contributed by atoms with Crippen molar-refractivity contribution in [3.63, 3.8) is 0 Å². The van der Waals surface area contributed by atoms with Gasteiger partial charge in [-0.05, 0) is 12.5 Å². The molecule has 0 atom stereocenters. The fourth-order valence-corrected chi connectivity index (χ4v) is 0.947. The van der Waals surface area contributed by atoms with Gasteiger partial charge < -0.3 is 9.72 Å². The maximum absolute atomic E-state index is 11.0. The molecular formula is C8H9NO3. The zero-order valence-electron chi connectivity index (χ0n) is 6.88. The Labute approximate surface area is 69.5 Å². The van der Waals surface area contributed by atoms with Gasteiger partial charge in [0.1, 0.15) is 5.69 Å². The molecule has 0 unspecified atom stereocenters. The monoisotopic (exact) mass is 167 g/mol. The molecule has 0 aliphatic carbocycles. The Morgan fingerprint density at radius 1 is 1.67 bits per heavy atom. The van der Waals surface area contributed by atoms with Crippen LogP contribution < -0.4 is 0 Å². The van der Waals surface area contributed by atoms with E-state index in [1.54, 1.807) is 6.92 Å². The van der Waals surface area contributed by atoms with Crippen molar-refractivity contribution in [3.8, 4) is 0 Å². The van der Waals surface area contributed by atoms with Gasteiger partial charge in [-0.3, -0.25) is 4.79 Å². The number of aromatic amines is 1. The van der Waals surface area contributed by atoms with Crippen molar-refractivity contribution < 1.29 is 14.3 Å². The van der Waals surface area contributed by atoms with E-state index in [2.05, 4.69) is 9.72 Å². The molecule has 0 radical (unpaired) electrons. The first-order valence-corrected chi connectivity index (χ1v) is 3.42. The van der Waals surface area contributed by atoms with Crippen molar-refractivity contribution in [2.45, 2.75) is 6.92 Å². The third kappa shape index (κ3) is 1.23. The largest absolute Gasteiger partial charge is 0.464 e. The third-order valence-electron chi connectivity index (χ3n) is 1.70. The molecule has 0 bridgehead atoms. The number of aldehydes is 1. The van der Waals surface area contributed by atoms with Crippen LogP contribution in [-0.4, -0.2) is 24.3 Å². The minimum absolute atomic E-state index is 0.333. The number of carbonyl (C=O) groups excluding carboxylic acids is 2. The number of rotatable bonds is 2. The molecule has 4 heteroatoms. The Morgan fingerprint density at radius 2 is 2.33 bits per heavy atom. The van der Waals surface area contributed by atoms with Crippen LogP contribution in [0.4, 0.5) is 0 Å². The van der Waals surface area contributed by atoms with E-state index in [4.69, 9.17) is 0 Å². The van der Waals surface area contributed by atoms with Gasteiger partial charge in [0.25, 0.3) is 0 Å². The topological polar surface area (TPSA) is 59.2 Å². The SMILES string of the molecule is COC(=O)c1[nH]cc(C=O)c1C. The van der Waals surface area contributed by atoms with E-state index in [1.165, 1.54) is 13.3 Å². The van der Waals surface area contributed by atoms with E-state index in [0.29, 0.717) is 23.1 Å². The molecule has 1 heterocycles. The summed E-state index contributed by atoms with van der Waals surface area (Å²) in [6, 6.07) is 0. The van der Waals surface area contributed by atoms with Crippen LogP contribution in [0, 0.1) is 6.92 Å². The number of ether oxygens (including phenoxy) is 1. The van der Waals surface area contributed by atoms with Crippen LogP contribution >= 0.6 is 0 Å². The molecule has 1 rings (SSSR count). The summed E-state index contributed by atoms with van der Waals surface area (Å²) >= 11 is 0. The van der Waals surface area contributed by atoms with Gasteiger partial charge in [-0.2, -0.15) is 0 Å². The molecule has 0 fully saturated rings. The molecule has 12 heavy (non-hydrogen) atoms. The first-order chi connectivity index (χ1) is 5.70. The molecule has 0 aliphatic heterocycles. The normalized spacial score (nSPS) is 9.50. The Kier molecular flexibility index (Phi) is 2.28. The number of carbonyl (C=O) groups is 2. The fraction of sp³-hybridized carbons (Fsp3) is 0.250. The van der Waals surface area contributed by atoms with Gasteiger partial charge in [-0.25, -0.2) is 4.79 Å². The summed E-state index contributed by atoms with van der Waals surface area (Å²) < 4.78 is 4.49. The van der Waals surface area contributed by atoms with Gasteiger partial charge >= 0.3 is 5.97 Å². The highest BCUT2D eigenvalue weighted by atomic mass is 16.5. The summed E-state index contributed by atoms with van der Waals surface area (Å²) in [7, 11) is 1.29. The summed E-state index contributed by atoms with van der Waals surface area (Å²) in [5.41, 5.74) is 1.44. The van der Waals surface area contributed by atoms with Gasteiger partial charge in [0.05, 0.1) is 7.11 Å². The molecule has 0 spiro atoms. The maximum Gasteiger partial charge on any atom is 0.354 e. The van der Waals surface area contributed by atoms with E-state index in [9.17, 15) is 9.59 Å². The number of methoxy groups -OCH3 is 1. The predicted octanol–water partition coefficient (Wildman–Crippen LogP) is 0.922. The molecule has 1 aromatic rings. The van der Waals surface area contributed by atoms with Crippen molar-refractivity contribution in [2.24, 2.45) is 0 Å². The zero-order chi connectivity index (χ0) is 9.14. The van der Waals surface area contributed by atoms with Crippen LogP contribution in [0.15, 0.2) is 6.20 Å². The van der Waals surface area contributed by atoms with E-state index in [0.717, 1.165) is 0 Å². The highest BCUT2D eigenvalue weighted by Gasteiger charge is 2.13. The summed E-state index contributed by atoms with van der Waals surface area (Å²) in [5, 5.41) is 0. The molecule has 4 nitrogen and oxygen atoms in total. The standard InChI is InChI=1S/C8H9NO3/c1-5-6(4-10)3-9-7(5)8(11)12-2/h3-4,9H,1-2H3. The fourth-order valence-electron chi connectivity index (χ4n) is 0.947. The molecule has 0 amide bonds. The predicted molar refractivity (Wildman–Crippen MR) is 42.3 cm³/mol. The lowest BCUT2D eigenvalue weighted by molar-refractivity contribution is 0.0594. The van der Waals surface area contributed by atoms with E-state index in [-0.39, 0.29) is 0 Å². The quantitative estimate of drug-likeness (QED) is 0.526. The van der Waals surface area contributed by atoms with Crippen molar-refractivity contribution in [1.82, 2.24) is 4.98 Å². The van der Waals surface area contributed by atoms with E-state index < -0.39 is 5.97 Å². The first-order valence-electron chi connectivity index (χ1n) is 3.42. The Bertz CT molecular complexity index is 314. The molecule has 0 saturated carbocycles. The van der Waals surface area contributed by atoms with E-state index in [1.807, 2.05) is 0 Å². The molecule has 0 aliphatic rings. The van der Waals surface area contributed by atoms with Crippen molar-refractivity contribution in [2.75, 3.05) is 7.11 Å². The number of nitrogens with one attached hydrogen (secondary N) is 1. The van der Waals surface area contributed by atoms with Crippen LogP contribution in [0.2, 0.25) is 0 Å². The van der Waals surface area contributed by atoms with Crippen LogP contribution in [-0.2, 0) is 4.74 Å². The second kappa shape index (κ2) is 3.21. The smallest absolute Gasteiger partial charge is 0.354 e. The number of esters is 1. The van der Waals surface area contributed by atoms with Gasteiger partial charge in [-0.15, -0.1) is 0 Å². The number of aromatic nitrogens is 1. The van der Waals surface area contributed by atoms with Crippen LogP contribution in [0.25, 0.3) is 0 Å². The zero-order valence-corrected chi connectivity index (χ0v) is 6.88. The second-order valence-electron chi connectivity index (χ2n) is 2.35.